The second-order valence-electron chi connectivity index (χ2n) is 5.14. The van der Waals surface area contributed by atoms with Crippen LogP contribution < -0.4 is 11.1 Å². The highest BCUT2D eigenvalue weighted by atomic mass is 16.3. The number of fused-ring (bicyclic) bond motifs is 1. The molecule has 0 bridgehead atoms. The van der Waals surface area contributed by atoms with Crippen molar-refractivity contribution in [1.82, 2.24) is 4.90 Å². The monoisotopic (exact) mass is 263 g/mol. The Morgan fingerprint density at radius 2 is 2.32 bits per heavy atom. The minimum atomic E-state index is -0.382. The normalized spacial score (nSPS) is 15.5. The molecule has 1 aromatic rings. The predicted molar refractivity (Wildman–Crippen MR) is 74.8 cm³/mol. The molecule has 104 valence electrons. The van der Waals surface area contributed by atoms with E-state index in [0.29, 0.717) is 25.9 Å². The summed E-state index contributed by atoms with van der Waals surface area (Å²) < 4.78 is 0. The molecule has 0 spiro atoms. The number of likely N-dealkylation sites (N-methyl/N-ethyl adjacent to an activating group) is 1. The van der Waals surface area contributed by atoms with Crippen LogP contribution in [0.4, 0.5) is 5.69 Å². The number of hydrogen-bond donors (Lipinski definition) is 3. The molecular formula is C14H21N3O2. The third-order valence-corrected chi connectivity index (χ3v) is 3.27. The lowest BCUT2D eigenvalue weighted by atomic mass is 10.1. The van der Waals surface area contributed by atoms with Crippen LogP contribution in [0.25, 0.3) is 0 Å². The Morgan fingerprint density at radius 1 is 1.53 bits per heavy atom. The van der Waals surface area contributed by atoms with Gasteiger partial charge in [0.2, 0.25) is 5.91 Å². The molecule has 0 fully saturated rings. The number of rotatable bonds is 6. The van der Waals surface area contributed by atoms with Crippen molar-refractivity contribution in [3.05, 3.63) is 29.3 Å². The van der Waals surface area contributed by atoms with Gasteiger partial charge in [-0.15, -0.1) is 0 Å². The maximum absolute atomic E-state index is 11.3. The van der Waals surface area contributed by atoms with E-state index in [1.54, 1.807) is 0 Å². The number of nitrogens with one attached hydrogen (secondary N) is 1. The van der Waals surface area contributed by atoms with Gasteiger partial charge >= 0.3 is 0 Å². The molecular weight excluding hydrogens is 242 g/mol. The Balaban J connectivity index is 1.93. The SMILES string of the molecule is CN(Cc1ccc2c(c1)CC(=O)N2)CC(O)CCN. The van der Waals surface area contributed by atoms with Crippen LogP contribution in [0.15, 0.2) is 18.2 Å². The summed E-state index contributed by atoms with van der Waals surface area (Å²) in [6.07, 6.45) is 0.697. The molecule has 0 aliphatic carbocycles. The fourth-order valence-corrected chi connectivity index (χ4v) is 2.40. The van der Waals surface area contributed by atoms with E-state index in [9.17, 15) is 9.90 Å². The predicted octanol–water partition coefficient (Wildman–Crippen LogP) is 0.323. The van der Waals surface area contributed by atoms with Gasteiger partial charge in [0.15, 0.2) is 0 Å². The van der Waals surface area contributed by atoms with Gasteiger partial charge < -0.3 is 16.2 Å². The Labute approximate surface area is 113 Å². The van der Waals surface area contributed by atoms with E-state index in [1.807, 2.05) is 19.2 Å². The summed E-state index contributed by atoms with van der Waals surface area (Å²) in [6, 6.07) is 6.01. The highest BCUT2D eigenvalue weighted by Crippen LogP contribution is 2.24. The maximum atomic E-state index is 11.3. The van der Waals surface area contributed by atoms with Crippen molar-refractivity contribution in [2.24, 2.45) is 5.73 Å². The molecule has 1 aliphatic heterocycles. The molecule has 1 atom stereocenters. The van der Waals surface area contributed by atoms with E-state index < -0.39 is 0 Å². The smallest absolute Gasteiger partial charge is 0.228 e. The molecule has 4 N–H and O–H groups in total. The van der Waals surface area contributed by atoms with Crippen LogP contribution in [0.1, 0.15) is 17.5 Å². The molecule has 1 aliphatic rings. The molecule has 0 radical (unpaired) electrons. The van der Waals surface area contributed by atoms with E-state index in [-0.39, 0.29) is 12.0 Å². The van der Waals surface area contributed by atoms with E-state index in [2.05, 4.69) is 16.3 Å². The lowest BCUT2D eigenvalue weighted by Gasteiger charge is -2.20. The van der Waals surface area contributed by atoms with E-state index in [1.165, 1.54) is 0 Å². The Bertz CT molecular complexity index is 462. The van der Waals surface area contributed by atoms with Crippen LogP contribution in [0.3, 0.4) is 0 Å². The number of aliphatic hydroxyl groups is 1. The molecule has 0 aromatic heterocycles. The largest absolute Gasteiger partial charge is 0.392 e. The van der Waals surface area contributed by atoms with Gasteiger partial charge in [-0.3, -0.25) is 9.69 Å². The van der Waals surface area contributed by atoms with Crippen molar-refractivity contribution in [2.45, 2.75) is 25.5 Å². The summed E-state index contributed by atoms with van der Waals surface area (Å²) in [6.45, 7) is 1.86. The van der Waals surface area contributed by atoms with Gasteiger partial charge in [0.05, 0.1) is 12.5 Å². The molecule has 1 heterocycles. The summed E-state index contributed by atoms with van der Waals surface area (Å²) in [5, 5.41) is 12.5. The van der Waals surface area contributed by atoms with E-state index >= 15 is 0 Å². The zero-order valence-corrected chi connectivity index (χ0v) is 11.2. The van der Waals surface area contributed by atoms with Crippen LogP contribution >= 0.6 is 0 Å². The number of hydrogen-bond acceptors (Lipinski definition) is 4. The van der Waals surface area contributed by atoms with Gasteiger partial charge in [-0.1, -0.05) is 12.1 Å². The fraction of sp³-hybridized carbons (Fsp3) is 0.500. The van der Waals surface area contributed by atoms with E-state index in [4.69, 9.17) is 5.73 Å². The average Bonchev–Trinajstić information content (AvgIpc) is 2.68. The van der Waals surface area contributed by atoms with Crippen molar-refractivity contribution < 1.29 is 9.90 Å². The Hall–Kier alpha value is -1.43. The van der Waals surface area contributed by atoms with Crippen LogP contribution in [0.2, 0.25) is 0 Å². The second kappa shape index (κ2) is 6.14. The van der Waals surface area contributed by atoms with Crippen LogP contribution in [0.5, 0.6) is 0 Å². The molecule has 1 amide bonds. The molecule has 5 heteroatoms. The Kier molecular flexibility index (Phi) is 4.52. The number of carbonyl (C=O) groups excluding carboxylic acids is 1. The van der Waals surface area contributed by atoms with Crippen molar-refractivity contribution in [1.29, 1.82) is 0 Å². The first-order valence-electron chi connectivity index (χ1n) is 6.57. The van der Waals surface area contributed by atoms with Crippen LogP contribution in [-0.2, 0) is 17.8 Å². The topological polar surface area (TPSA) is 78.6 Å². The number of amides is 1. The van der Waals surface area contributed by atoms with Crippen molar-refractivity contribution in [2.75, 3.05) is 25.5 Å². The zero-order chi connectivity index (χ0) is 13.8. The molecule has 1 aromatic carbocycles. The molecule has 0 saturated carbocycles. The van der Waals surface area contributed by atoms with Crippen molar-refractivity contribution in [3.8, 4) is 0 Å². The number of aliphatic hydroxyl groups excluding tert-OH is 1. The first-order valence-corrected chi connectivity index (χ1v) is 6.57. The number of carbonyl (C=O) groups is 1. The maximum Gasteiger partial charge on any atom is 0.228 e. The second-order valence-corrected chi connectivity index (χ2v) is 5.14. The standard InChI is InChI=1S/C14H21N3O2/c1-17(9-12(18)4-5-15)8-10-2-3-13-11(6-10)7-14(19)16-13/h2-3,6,12,18H,4-5,7-9,15H2,1H3,(H,16,19). The highest BCUT2D eigenvalue weighted by molar-refractivity contribution is 5.99. The molecule has 0 saturated heterocycles. The molecule has 19 heavy (non-hydrogen) atoms. The lowest BCUT2D eigenvalue weighted by molar-refractivity contribution is -0.115. The first kappa shape index (κ1) is 14.0. The molecule has 1 unspecified atom stereocenters. The van der Waals surface area contributed by atoms with Crippen molar-refractivity contribution in [3.63, 3.8) is 0 Å². The zero-order valence-electron chi connectivity index (χ0n) is 11.2. The lowest BCUT2D eigenvalue weighted by Crippen LogP contribution is -2.30. The third-order valence-electron chi connectivity index (χ3n) is 3.27. The third kappa shape index (κ3) is 3.76. The van der Waals surface area contributed by atoms with E-state index in [0.717, 1.165) is 23.4 Å². The average molecular weight is 263 g/mol. The molecule has 5 nitrogen and oxygen atoms in total. The van der Waals surface area contributed by atoms with Gasteiger partial charge in [0, 0.05) is 18.8 Å². The van der Waals surface area contributed by atoms with Gasteiger partial charge in [-0.2, -0.15) is 0 Å². The summed E-state index contributed by atoms with van der Waals surface area (Å²) in [5.74, 6) is 0.0545. The number of nitrogens with two attached hydrogens (primary N) is 1. The van der Waals surface area contributed by atoms with Gasteiger partial charge in [-0.25, -0.2) is 0 Å². The van der Waals surface area contributed by atoms with Crippen LogP contribution in [0, 0.1) is 0 Å². The van der Waals surface area contributed by atoms with Gasteiger partial charge in [0.1, 0.15) is 0 Å². The number of anilines is 1. The fourth-order valence-electron chi connectivity index (χ4n) is 2.40. The minimum absolute atomic E-state index is 0.0545. The van der Waals surface area contributed by atoms with Crippen LogP contribution in [-0.4, -0.2) is 42.2 Å². The van der Waals surface area contributed by atoms with Gasteiger partial charge in [-0.05, 0) is 37.2 Å². The summed E-state index contributed by atoms with van der Waals surface area (Å²) in [5.41, 5.74) is 8.54. The summed E-state index contributed by atoms with van der Waals surface area (Å²) >= 11 is 0. The van der Waals surface area contributed by atoms with Gasteiger partial charge in [0.25, 0.3) is 0 Å². The number of benzene rings is 1. The first-order chi connectivity index (χ1) is 9.08. The van der Waals surface area contributed by atoms with Crippen molar-refractivity contribution >= 4 is 11.6 Å². The minimum Gasteiger partial charge on any atom is -0.392 e. The number of nitrogens with zero attached hydrogens (tertiary/aromatic N) is 1. The highest BCUT2D eigenvalue weighted by Gasteiger charge is 2.17. The molecule has 2 rings (SSSR count). The quantitative estimate of drug-likeness (QED) is 0.691. The summed E-state index contributed by atoms with van der Waals surface area (Å²) in [4.78, 5) is 13.3. The Morgan fingerprint density at radius 3 is 3.05 bits per heavy atom. The summed E-state index contributed by atoms with van der Waals surface area (Å²) in [7, 11) is 1.97.